The van der Waals surface area contributed by atoms with E-state index in [2.05, 4.69) is 20.7 Å². The zero-order valence-electron chi connectivity index (χ0n) is 19.7. The van der Waals surface area contributed by atoms with Crippen LogP contribution in [0.1, 0.15) is 27.3 Å². The lowest BCUT2D eigenvalue weighted by atomic mass is 10.2. The topological polar surface area (TPSA) is 99.0 Å². The zero-order chi connectivity index (χ0) is 24.0. The quantitative estimate of drug-likeness (QED) is 0.422. The van der Waals surface area contributed by atoms with Crippen molar-refractivity contribution in [3.63, 3.8) is 0 Å². The Labute approximate surface area is 193 Å². The Bertz CT molecular complexity index is 1150. The van der Waals surface area contributed by atoms with Gasteiger partial charge >= 0.3 is 0 Å². The normalized spacial score (nSPS) is 11.2. The lowest BCUT2D eigenvalue weighted by Crippen LogP contribution is -2.36. The monoisotopic (exact) mass is 451 g/mol. The highest BCUT2D eigenvalue weighted by Crippen LogP contribution is 2.27. The number of hydrogen-bond acceptors (Lipinski definition) is 6. The van der Waals surface area contributed by atoms with E-state index < -0.39 is 0 Å². The van der Waals surface area contributed by atoms with Crippen LogP contribution in [0.3, 0.4) is 0 Å². The fourth-order valence-corrected chi connectivity index (χ4v) is 3.28. The molecule has 0 aliphatic rings. The number of aliphatic imine (C=N–C) groups is 1. The van der Waals surface area contributed by atoms with E-state index in [-0.39, 0.29) is 5.91 Å². The molecule has 0 atom stereocenters. The van der Waals surface area contributed by atoms with Gasteiger partial charge in [-0.15, -0.1) is 0 Å². The van der Waals surface area contributed by atoms with Crippen LogP contribution in [0.25, 0.3) is 0 Å². The van der Waals surface area contributed by atoms with Gasteiger partial charge in [0, 0.05) is 29.6 Å². The molecule has 3 rings (SSSR count). The number of aryl methyl sites for hydroxylation is 2. The summed E-state index contributed by atoms with van der Waals surface area (Å²) in [6.07, 6.45) is 0. The highest BCUT2D eigenvalue weighted by molar-refractivity contribution is 6.10. The first-order valence-corrected chi connectivity index (χ1v) is 10.3. The first-order valence-electron chi connectivity index (χ1n) is 10.3. The second kappa shape index (κ2) is 10.5. The average molecular weight is 452 g/mol. The molecule has 0 aliphatic heterocycles. The Morgan fingerprint density at radius 1 is 1.00 bits per heavy atom. The van der Waals surface area contributed by atoms with Gasteiger partial charge in [0.25, 0.3) is 5.91 Å². The fourth-order valence-electron chi connectivity index (χ4n) is 3.28. The van der Waals surface area contributed by atoms with Crippen molar-refractivity contribution in [1.82, 2.24) is 15.1 Å². The second-order valence-corrected chi connectivity index (χ2v) is 7.32. The lowest BCUT2D eigenvalue weighted by Gasteiger charge is -2.14. The van der Waals surface area contributed by atoms with Crippen LogP contribution >= 0.6 is 0 Å². The van der Waals surface area contributed by atoms with Gasteiger partial charge in [-0.1, -0.05) is 0 Å². The minimum Gasteiger partial charge on any atom is -0.497 e. The summed E-state index contributed by atoms with van der Waals surface area (Å²) >= 11 is 0. The van der Waals surface area contributed by atoms with Gasteiger partial charge in [0.2, 0.25) is 5.96 Å². The largest absolute Gasteiger partial charge is 0.497 e. The molecule has 0 spiro atoms. The van der Waals surface area contributed by atoms with Crippen LogP contribution in [-0.4, -0.2) is 43.0 Å². The summed E-state index contributed by atoms with van der Waals surface area (Å²) in [5.74, 6) is 1.71. The SMILES string of the molecule is COc1ccc(NC(=NCc2c(C)nn(C)c2C)NC(=O)c2ccc(OC)c(OC)c2)cc1. The number of carbonyl (C=O) groups is 1. The number of amides is 1. The molecule has 1 heterocycles. The Morgan fingerprint density at radius 3 is 2.27 bits per heavy atom. The predicted octanol–water partition coefficient (Wildman–Crippen LogP) is 3.46. The number of aromatic nitrogens is 2. The van der Waals surface area contributed by atoms with Crippen LogP contribution in [0, 0.1) is 13.8 Å². The maximum absolute atomic E-state index is 13.0. The molecule has 9 heteroatoms. The maximum Gasteiger partial charge on any atom is 0.258 e. The Morgan fingerprint density at radius 2 is 1.70 bits per heavy atom. The van der Waals surface area contributed by atoms with Gasteiger partial charge < -0.3 is 19.5 Å². The number of nitrogens with zero attached hydrogens (tertiary/aromatic N) is 3. The van der Waals surface area contributed by atoms with E-state index in [1.165, 1.54) is 7.11 Å². The molecular weight excluding hydrogens is 422 g/mol. The highest BCUT2D eigenvalue weighted by Gasteiger charge is 2.14. The number of carbonyl (C=O) groups excluding carboxylic acids is 1. The molecule has 0 saturated carbocycles. The average Bonchev–Trinajstić information content (AvgIpc) is 3.07. The minimum atomic E-state index is -0.338. The van der Waals surface area contributed by atoms with Crippen LogP contribution in [-0.2, 0) is 13.6 Å². The Balaban J connectivity index is 1.87. The van der Waals surface area contributed by atoms with Crippen molar-refractivity contribution < 1.29 is 19.0 Å². The molecular formula is C24H29N5O4. The third-order valence-corrected chi connectivity index (χ3v) is 5.28. The van der Waals surface area contributed by atoms with Crippen molar-refractivity contribution in [3.8, 4) is 17.2 Å². The molecule has 2 N–H and O–H groups in total. The van der Waals surface area contributed by atoms with Crippen LogP contribution < -0.4 is 24.8 Å². The molecule has 0 unspecified atom stereocenters. The summed E-state index contributed by atoms with van der Waals surface area (Å²) in [5, 5.41) is 10.5. The number of methoxy groups -OCH3 is 3. The standard InChI is InChI=1S/C24H29N5O4/c1-15-20(16(2)29(3)28-15)14-25-24(26-18-8-10-19(31-4)11-9-18)27-23(30)17-7-12-21(32-5)22(13-17)33-6/h7-13H,14H2,1-6H3,(H2,25,26,27,30). The number of benzene rings is 2. The predicted molar refractivity (Wildman–Crippen MR) is 127 cm³/mol. The minimum absolute atomic E-state index is 0.308. The summed E-state index contributed by atoms with van der Waals surface area (Å²) in [5.41, 5.74) is 4.08. The van der Waals surface area contributed by atoms with Gasteiger partial charge in [-0.3, -0.25) is 14.8 Å². The summed E-state index contributed by atoms with van der Waals surface area (Å²) in [6.45, 7) is 4.29. The van der Waals surface area contributed by atoms with Crippen molar-refractivity contribution in [2.45, 2.75) is 20.4 Å². The molecule has 9 nitrogen and oxygen atoms in total. The van der Waals surface area contributed by atoms with Crippen LogP contribution in [0.4, 0.5) is 5.69 Å². The van der Waals surface area contributed by atoms with Crippen LogP contribution in [0.2, 0.25) is 0 Å². The summed E-state index contributed by atoms with van der Waals surface area (Å²) in [7, 11) is 6.57. The molecule has 33 heavy (non-hydrogen) atoms. The first-order chi connectivity index (χ1) is 15.9. The third-order valence-electron chi connectivity index (χ3n) is 5.28. The Hall–Kier alpha value is -4.01. The van der Waals surface area contributed by atoms with Gasteiger partial charge in [0.15, 0.2) is 11.5 Å². The molecule has 0 radical (unpaired) electrons. The van der Waals surface area contributed by atoms with Gasteiger partial charge in [-0.2, -0.15) is 5.10 Å². The van der Waals surface area contributed by atoms with Crippen molar-refractivity contribution >= 4 is 17.6 Å². The van der Waals surface area contributed by atoms with E-state index >= 15 is 0 Å². The van der Waals surface area contributed by atoms with E-state index in [0.29, 0.717) is 29.6 Å². The molecule has 0 aliphatic carbocycles. The van der Waals surface area contributed by atoms with E-state index in [0.717, 1.165) is 28.4 Å². The maximum atomic E-state index is 13.0. The van der Waals surface area contributed by atoms with Crippen molar-refractivity contribution in [3.05, 3.63) is 65.0 Å². The van der Waals surface area contributed by atoms with E-state index in [4.69, 9.17) is 14.2 Å². The molecule has 0 saturated heterocycles. The van der Waals surface area contributed by atoms with Crippen molar-refractivity contribution in [1.29, 1.82) is 0 Å². The van der Waals surface area contributed by atoms with Crippen molar-refractivity contribution in [2.75, 3.05) is 26.6 Å². The van der Waals surface area contributed by atoms with E-state index in [1.54, 1.807) is 32.4 Å². The molecule has 174 valence electrons. The molecule has 0 bridgehead atoms. The lowest BCUT2D eigenvalue weighted by molar-refractivity contribution is 0.0976. The number of guanidine groups is 1. The number of nitrogens with one attached hydrogen (secondary N) is 2. The van der Waals surface area contributed by atoms with Gasteiger partial charge in [0.05, 0.1) is 33.6 Å². The summed E-state index contributed by atoms with van der Waals surface area (Å²) in [4.78, 5) is 17.6. The van der Waals surface area contributed by atoms with E-state index in [9.17, 15) is 4.79 Å². The number of anilines is 1. The Kier molecular flexibility index (Phi) is 7.55. The number of rotatable bonds is 7. The highest BCUT2D eigenvalue weighted by atomic mass is 16.5. The molecule has 0 fully saturated rings. The first kappa shape index (κ1) is 23.6. The van der Waals surface area contributed by atoms with Gasteiger partial charge in [-0.25, -0.2) is 4.99 Å². The molecule has 1 amide bonds. The second-order valence-electron chi connectivity index (χ2n) is 7.32. The van der Waals surface area contributed by atoms with E-state index in [1.807, 2.05) is 49.8 Å². The summed E-state index contributed by atoms with van der Waals surface area (Å²) < 4.78 is 17.6. The number of hydrogen-bond donors (Lipinski definition) is 2. The molecule has 2 aromatic carbocycles. The smallest absolute Gasteiger partial charge is 0.258 e. The zero-order valence-corrected chi connectivity index (χ0v) is 19.7. The number of ether oxygens (including phenoxy) is 3. The molecule has 3 aromatic rings. The van der Waals surface area contributed by atoms with Gasteiger partial charge in [-0.05, 0) is 56.3 Å². The van der Waals surface area contributed by atoms with Crippen molar-refractivity contribution in [2.24, 2.45) is 12.0 Å². The summed E-state index contributed by atoms with van der Waals surface area (Å²) in [6, 6.07) is 12.3. The third kappa shape index (κ3) is 5.62. The van der Waals surface area contributed by atoms with Crippen LogP contribution in [0.5, 0.6) is 17.2 Å². The van der Waals surface area contributed by atoms with Crippen LogP contribution in [0.15, 0.2) is 47.5 Å². The molecule has 1 aromatic heterocycles. The fraction of sp³-hybridized carbons (Fsp3) is 0.292. The van der Waals surface area contributed by atoms with Gasteiger partial charge in [0.1, 0.15) is 5.75 Å².